The van der Waals surface area contributed by atoms with Gasteiger partial charge in [-0.2, -0.15) is 0 Å². The first-order chi connectivity index (χ1) is 12.1. The Morgan fingerprint density at radius 1 is 1.12 bits per heavy atom. The quantitative estimate of drug-likeness (QED) is 0.840. The summed E-state index contributed by atoms with van der Waals surface area (Å²) in [7, 11) is 0. The maximum absolute atomic E-state index is 12.9. The van der Waals surface area contributed by atoms with Crippen LogP contribution < -0.4 is 4.90 Å². The Morgan fingerprint density at radius 2 is 1.80 bits per heavy atom. The van der Waals surface area contributed by atoms with E-state index in [0.717, 1.165) is 16.8 Å². The van der Waals surface area contributed by atoms with Gasteiger partial charge in [0.05, 0.1) is 5.92 Å². The van der Waals surface area contributed by atoms with Crippen LogP contribution in [-0.4, -0.2) is 29.8 Å². The molecule has 0 unspecified atom stereocenters. The smallest absolute Gasteiger partial charge is 0.228 e. The molecule has 3 rings (SSSR count). The third-order valence-corrected chi connectivity index (χ3v) is 4.79. The van der Waals surface area contributed by atoms with E-state index in [1.54, 1.807) is 4.90 Å². The number of amides is 2. The van der Waals surface area contributed by atoms with Crippen molar-refractivity contribution in [2.75, 3.05) is 18.0 Å². The van der Waals surface area contributed by atoms with Crippen LogP contribution in [0.4, 0.5) is 5.69 Å². The molecule has 2 aromatic rings. The van der Waals surface area contributed by atoms with Crippen LogP contribution in [0.25, 0.3) is 0 Å². The Kier molecular flexibility index (Phi) is 5.17. The molecule has 1 atom stereocenters. The molecule has 2 aromatic carbocycles. The van der Waals surface area contributed by atoms with Gasteiger partial charge >= 0.3 is 0 Å². The average Bonchev–Trinajstić information content (AvgIpc) is 3.02. The second kappa shape index (κ2) is 7.51. The molecule has 25 heavy (non-hydrogen) atoms. The number of hydrogen-bond donors (Lipinski definition) is 0. The van der Waals surface area contributed by atoms with Crippen molar-refractivity contribution in [3.8, 4) is 0 Å². The number of para-hydroxylation sites is 1. The number of anilines is 1. The summed E-state index contributed by atoms with van der Waals surface area (Å²) in [5.74, 6) is -0.171. The van der Waals surface area contributed by atoms with Crippen molar-refractivity contribution in [3.05, 3.63) is 65.7 Å². The third kappa shape index (κ3) is 3.73. The van der Waals surface area contributed by atoms with Crippen molar-refractivity contribution in [2.45, 2.75) is 26.8 Å². The van der Waals surface area contributed by atoms with Crippen LogP contribution >= 0.6 is 0 Å². The number of carbonyl (C=O) groups is 2. The fourth-order valence-corrected chi connectivity index (χ4v) is 3.38. The highest BCUT2D eigenvalue weighted by Gasteiger charge is 2.37. The second-order valence-electron chi connectivity index (χ2n) is 6.53. The van der Waals surface area contributed by atoms with Crippen LogP contribution in [0.1, 0.15) is 24.5 Å². The largest absolute Gasteiger partial charge is 0.338 e. The van der Waals surface area contributed by atoms with Gasteiger partial charge in [0.25, 0.3) is 0 Å². The molecule has 0 bridgehead atoms. The van der Waals surface area contributed by atoms with E-state index in [1.165, 1.54) is 0 Å². The fraction of sp³-hybridized carbons (Fsp3) is 0.333. The van der Waals surface area contributed by atoms with Gasteiger partial charge in [-0.1, -0.05) is 48.5 Å². The molecule has 0 saturated carbocycles. The lowest BCUT2D eigenvalue weighted by Gasteiger charge is -2.24. The van der Waals surface area contributed by atoms with E-state index in [0.29, 0.717) is 26.1 Å². The molecule has 0 aromatic heterocycles. The van der Waals surface area contributed by atoms with Crippen molar-refractivity contribution >= 4 is 17.5 Å². The first-order valence-electron chi connectivity index (χ1n) is 8.79. The maximum Gasteiger partial charge on any atom is 0.228 e. The monoisotopic (exact) mass is 336 g/mol. The van der Waals surface area contributed by atoms with Crippen LogP contribution in [0.3, 0.4) is 0 Å². The molecule has 1 aliphatic rings. The topological polar surface area (TPSA) is 40.6 Å². The highest BCUT2D eigenvalue weighted by molar-refractivity contribution is 6.00. The van der Waals surface area contributed by atoms with E-state index in [1.807, 2.05) is 73.3 Å². The van der Waals surface area contributed by atoms with E-state index in [4.69, 9.17) is 0 Å². The maximum atomic E-state index is 12.9. The third-order valence-electron chi connectivity index (χ3n) is 4.79. The molecule has 1 heterocycles. The van der Waals surface area contributed by atoms with Crippen LogP contribution in [0.15, 0.2) is 54.6 Å². The van der Waals surface area contributed by atoms with Crippen LogP contribution in [-0.2, 0) is 16.1 Å². The van der Waals surface area contributed by atoms with Crippen molar-refractivity contribution in [1.82, 2.24) is 4.90 Å². The van der Waals surface area contributed by atoms with E-state index < -0.39 is 0 Å². The number of nitrogens with zero attached hydrogens (tertiary/aromatic N) is 2. The molecule has 2 amide bonds. The van der Waals surface area contributed by atoms with E-state index in [2.05, 4.69) is 0 Å². The lowest BCUT2D eigenvalue weighted by Crippen LogP contribution is -2.37. The van der Waals surface area contributed by atoms with Gasteiger partial charge in [0.2, 0.25) is 11.8 Å². The van der Waals surface area contributed by atoms with Crippen molar-refractivity contribution in [1.29, 1.82) is 0 Å². The van der Waals surface area contributed by atoms with Gasteiger partial charge in [-0.05, 0) is 31.0 Å². The van der Waals surface area contributed by atoms with Gasteiger partial charge in [0.15, 0.2) is 0 Å². The Hall–Kier alpha value is -2.62. The van der Waals surface area contributed by atoms with Crippen LogP contribution in [0.5, 0.6) is 0 Å². The molecule has 4 nitrogen and oxygen atoms in total. The zero-order chi connectivity index (χ0) is 17.8. The van der Waals surface area contributed by atoms with Gasteiger partial charge in [-0.15, -0.1) is 0 Å². The molecule has 1 fully saturated rings. The zero-order valence-corrected chi connectivity index (χ0v) is 14.8. The summed E-state index contributed by atoms with van der Waals surface area (Å²) in [6.07, 6.45) is 0.290. The number of aryl methyl sites for hydroxylation is 1. The number of hydrogen-bond acceptors (Lipinski definition) is 2. The molecule has 1 aliphatic heterocycles. The van der Waals surface area contributed by atoms with Gasteiger partial charge in [0.1, 0.15) is 0 Å². The summed E-state index contributed by atoms with van der Waals surface area (Å²) in [5.41, 5.74) is 3.08. The van der Waals surface area contributed by atoms with Gasteiger partial charge < -0.3 is 9.80 Å². The molecule has 4 heteroatoms. The summed E-state index contributed by atoms with van der Waals surface area (Å²) >= 11 is 0. The number of rotatable bonds is 5. The molecule has 0 N–H and O–H groups in total. The summed E-state index contributed by atoms with van der Waals surface area (Å²) in [6.45, 7) is 5.67. The van der Waals surface area contributed by atoms with Gasteiger partial charge in [-0.25, -0.2) is 0 Å². The minimum atomic E-state index is -0.268. The zero-order valence-electron chi connectivity index (χ0n) is 14.8. The Morgan fingerprint density at radius 3 is 2.48 bits per heavy atom. The number of carbonyl (C=O) groups excluding carboxylic acids is 2. The highest BCUT2D eigenvalue weighted by Crippen LogP contribution is 2.28. The summed E-state index contributed by atoms with van der Waals surface area (Å²) in [5, 5.41) is 0. The lowest BCUT2D eigenvalue weighted by molar-refractivity contribution is -0.136. The van der Waals surface area contributed by atoms with Gasteiger partial charge in [-0.3, -0.25) is 9.59 Å². The van der Waals surface area contributed by atoms with Crippen molar-refractivity contribution in [3.63, 3.8) is 0 Å². The Labute approximate surface area is 149 Å². The van der Waals surface area contributed by atoms with Crippen molar-refractivity contribution < 1.29 is 9.59 Å². The first kappa shape index (κ1) is 17.2. The predicted octanol–water partition coefficient (Wildman–Crippen LogP) is 3.40. The molecule has 0 radical (unpaired) electrons. The molecule has 0 aliphatic carbocycles. The van der Waals surface area contributed by atoms with E-state index in [-0.39, 0.29) is 17.7 Å². The molecular weight excluding hydrogens is 312 g/mol. The fourth-order valence-electron chi connectivity index (χ4n) is 3.38. The molecule has 1 saturated heterocycles. The summed E-state index contributed by atoms with van der Waals surface area (Å²) < 4.78 is 0. The lowest BCUT2D eigenvalue weighted by atomic mass is 10.1. The summed E-state index contributed by atoms with van der Waals surface area (Å²) in [6, 6.07) is 17.8. The molecule has 130 valence electrons. The summed E-state index contributed by atoms with van der Waals surface area (Å²) in [4.78, 5) is 29.0. The van der Waals surface area contributed by atoms with E-state index in [9.17, 15) is 9.59 Å². The predicted molar refractivity (Wildman–Crippen MR) is 99.2 cm³/mol. The molecular formula is C21H24N2O2. The minimum Gasteiger partial charge on any atom is -0.338 e. The van der Waals surface area contributed by atoms with Crippen molar-refractivity contribution in [2.24, 2.45) is 5.92 Å². The Balaban J connectivity index is 1.72. The molecule has 0 spiro atoms. The average molecular weight is 336 g/mol. The van der Waals surface area contributed by atoms with Crippen LogP contribution in [0.2, 0.25) is 0 Å². The van der Waals surface area contributed by atoms with Gasteiger partial charge in [0, 0.05) is 31.7 Å². The van der Waals surface area contributed by atoms with Crippen LogP contribution in [0, 0.1) is 12.8 Å². The number of benzene rings is 2. The highest BCUT2D eigenvalue weighted by atomic mass is 16.2. The SMILES string of the molecule is CCN(Cc1ccccc1)C(=O)[C@H]1CC(=O)N(c2ccccc2C)C1. The standard InChI is InChI=1S/C21H24N2O2/c1-3-22(14-17-10-5-4-6-11-17)21(25)18-13-20(24)23(15-18)19-12-8-7-9-16(19)2/h4-12,18H,3,13-15H2,1-2H3/t18-/m0/s1. The minimum absolute atomic E-state index is 0.0309. The second-order valence-corrected chi connectivity index (χ2v) is 6.53. The first-order valence-corrected chi connectivity index (χ1v) is 8.79. The van der Waals surface area contributed by atoms with E-state index >= 15 is 0 Å². The Bertz CT molecular complexity index is 758. The normalized spacial score (nSPS) is 17.0.